The highest BCUT2D eigenvalue weighted by atomic mass is 16.4. The normalized spacial score (nSPS) is 13.1. The second-order valence-corrected chi connectivity index (χ2v) is 3.90. The van der Waals surface area contributed by atoms with Crippen molar-refractivity contribution in [2.75, 3.05) is 0 Å². The summed E-state index contributed by atoms with van der Waals surface area (Å²) >= 11 is 0. The Balaban J connectivity index is 2.80. The van der Waals surface area contributed by atoms with Gasteiger partial charge >= 0.3 is 11.7 Å². The molecule has 0 spiro atoms. The van der Waals surface area contributed by atoms with E-state index in [0.29, 0.717) is 5.65 Å². The summed E-state index contributed by atoms with van der Waals surface area (Å²) in [6.45, 7) is 1.45. The van der Waals surface area contributed by atoms with Crippen LogP contribution in [0.2, 0.25) is 0 Å². The van der Waals surface area contributed by atoms with Gasteiger partial charge in [-0.2, -0.15) is 0 Å². The lowest BCUT2D eigenvalue weighted by molar-refractivity contribution is -0.140. The number of carboxylic acid groups (broad SMARTS) is 1. The third-order valence-corrected chi connectivity index (χ3v) is 2.85. The number of nitrogens with one attached hydrogen (secondary N) is 1. The number of rotatable bonds is 2. The van der Waals surface area contributed by atoms with Gasteiger partial charge in [-0.3, -0.25) is 23.7 Å². The number of aromatic amines is 1. The molecule has 0 amide bonds. The Bertz CT molecular complexity index is 714. The predicted molar refractivity (Wildman–Crippen MR) is 59.1 cm³/mol. The van der Waals surface area contributed by atoms with Crippen LogP contribution in [0.1, 0.15) is 13.0 Å². The molecule has 0 aliphatic heterocycles. The number of hydrogen-bond donors (Lipinski definition) is 2. The molecule has 0 saturated heterocycles. The summed E-state index contributed by atoms with van der Waals surface area (Å²) in [5, 5.41) is 11.6. The van der Waals surface area contributed by atoms with E-state index in [1.54, 1.807) is 0 Å². The van der Waals surface area contributed by atoms with Gasteiger partial charge in [0.1, 0.15) is 6.04 Å². The van der Waals surface area contributed by atoms with Gasteiger partial charge in [-0.25, -0.2) is 9.59 Å². The number of nitrogens with zero attached hydrogens (tertiary/aromatic N) is 3. The fourth-order valence-electron chi connectivity index (χ4n) is 1.69. The van der Waals surface area contributed by atoms with Crippen LogP contribution in [-0.4, -0.2) is 30.0 Å². The molecule has 8 heteroatoms. The molecule has 1 unspecified atom stereocenters. The van der Waals surface area contributed by atoms with Gasteiger partial charge in [0.05, 0.1) is 0 Å². The fraction of sp³-hybridized carbons (Fsp3) is 0.444. The van der Waals surface area contributed by atoms with Gasteiger partial charge in [0.25, 0.3) is 5.56 Å². The first-order valence-corrected chi connectivity index (χ1v) is 4.95. The highest BCUT2D eigenvalue weighted by Gasteiger charge is 2.23. The smallest absolute Gasteiger partial charge is 0.332 e. The molecule has 2 N–H and O–H groups in total. The highest BCUT2D eigenvalue weighted by Crippen LogP contribution is 2.14. The van der Waals surface area contributed by atoms with E-state index in [2.05, 4.69) is 5.10 Å². The van der Waals surface area contributed by atoms with Crippen LogP contribution in [-0.2, 0) is 18.9 Å². The van der Waals surface area contributed by atoms with Gasteiger partial charge in [-0.05, 0) is 6.92 Å². The van der Waals surface area contributed by atoms with Crippen molar-refractivity contribution in [1.82, 2.24) is 18.9 Å². The number of hydrogen-bond acceptors (Lipinski definition) is 3. The minimum absolute atomic E-state index is 0.199. The van der Waals surface area contributed by atoms with Crippen molar-refractivity contribution in [2.45, 2.75) is 13.0 Å². The molecule has 92 valence electrons. The average Bonchev–Trinajstić information content (AvgIpc) is 2.23. The van der Waals surface area contributed by atoms with Crippen LogP contribution in [0.3, 0.4) is 0 Å². The minimum atomic E-state index is -1.06. The first-order valence-electron chi connectivity index (χ1n) is 4.95. The molecule has 2 rings (SSSR count). The summed E-state index contributed by atoms with van der Waals surface area (Å²) in [5.41, 5.74) is -0.422. The average molecular weight is 240 g/mol. The molecule has 0 aliphatic carbocycles. The Morgan fingerprint density at radius 3 is 2.41 bits per heavy atom. The maximum Gasteiger partial charge on any atom is 0.332 e. The van der Waals surface area contributed by atoms with E-state index >= 15 is 0 Å². The molecular formula is C9H12N4O4. The van der Waals surface area contributed by atoms with Crippen LogP contribution < -0.4 is 11.2 Å². The summed E-state index contributed by atoms with van der Waals surface area (Å²) in [6.07, 6.45) is 0. The van der Waals surface area contributed by atoms with Crippen LogP contribution in [0.5, 0.6) is 0 Å². The van der Waals surface area contributed by atoms with Crippen LogP contribution in [0.15, 0.2) is 9.59 Å². The minimum Gasteiger partial charge on any atom is -0.480 e. The Morgan fingerprint density at radius 1 is 1.29 bits per heavy atom. The van der Waals surface area contributed by atoms with Gasteiger partial charge in [0.2, 0.25) is 0 Å². The summed E-state index contributed by atoms with van der Waals surface area (Å²) < 4.78 is 3.45. The van der Waals surface area contributed by atoms with Gasteiger partial charge in [0.15, 0.2) is 11.2 Å². The Morgan fingerprint density at radius 2 is 1.88 bits per heavy atom. The van der Waals surface area contributed by atoms with E-state index in [0.717, 1.165) is 4.57 Å². The molecule has 2 heterocycles. The fourth-order valence-corrected chi connectivity index (χ4v) is 1.69. The molecule has 0 aromatic carbocycles. The summed E-state index contributed by atoms with van der Waals surface area (Å²) in [4.78, 5) is 34.2. The molecule has 0 aliphatic rings. The quantitative estimate of drug-likeness (QED) is 0.703. The highest BCUT2D eigenvalue weighted by molar-refractivity contribution is 5.78. The Labute approximate surface area is 94.7 Å². The zero-order chi connectivity index (χ0) is 12.9. The number of aryl methyl sites for hydroxylation is 1. The van der Waals surface area contributed by atoms with Gasteiger partial charge in [-0.15, -0.1) is 0 Å². The van der Waals surface area contributed by atoms with E-state index in [1.165, 1.54) is 30.3 Å². The number of carbonyl (C=O) groups is 1. The maximum atomic E-state index is 11.8. The third kappa shape index (κ3) is 1.33. The number of aromatic nitrogens is 4. The van der Waals surface area contributed by atoms with Crippen molar-refractivity contribution in [2.24, 2.45) is 14.1 Å². The molecule has 1 atom stereocenters. The second kappa shape index (κ2) is 3.37. The van der Waals surface area contributed by atoms with Gasteiger partial charge in [0, 0.05) is 14.1 Å². The molecule has 0 bridgehead atoms. The number of fused-ring (bicyclic) bond motifs is 1. The first kappa shape index (κ1) is 11.2. The molecular weight excluding hydrogens is 228 g/mol. The van der Waals surface area contributed by atoms with Crippen molar-refractivity contribution in [3.8, 4) is 0 Å². The molecule has 0 saturated carbocycles. The lowest BCUT2D eigenvalue weighted by Gasteiger charge is -2.21. The Kier molecular flexibility index (Phi) is 2.23. The third-order valence-electron chi connectivity index (χ3n) is 2.85. The molecule has 2 aromatic heterocycles. The van der Waals surface area contributed by atoms with Crippen molar-refractivity contribution >= 4 is 17.1 Å². The Hall–Kier alpha value is -2.25. The second-order valence-electron chi connectivity index (χ2n) is 3.90. The molecule has 0 radical (unpaired) electrons. The molecule has 17 heavy (non-hydrogen) atoms. The standard InChI is InChI=1S/C9H12N4O4/c1-4(8(15)16)13-5-6(10-13)11(2)9(17)12(3)7(5)14/h4,10H,1-3H3,(H,15,16). The number of carboxylic acids is 1. The monoisotopic (exact) mass is 240 g/mol. The molecule has 8 nitrogen and oxygen atoms in total. The van der Waals surface area contributed by atoms with E-state index in [4.69, 9.17) is 5.11 Å². The van der Waals surface area contributed by atoms with Gasteiger partial charge < -0.3 is 5.11 Å². The number of aliphatic carboxylic acids is 1. The topological polar surface area (TPSA) is 102 Å². The molecule has 0 fully saturated rings. The zero-order valence-corrected chi connectivity index (χ0v) is 9.59. The number of H-pyrrole nitrogens is 1. The van der Waals surface area contributed by atoms with Crippen molar-refractivity contribution in [1.29, 1.82) is 0 Å². The predicted octanol–water partition coefficient (Wildman–Crippen LogP) is -0.988. The SMILES string of the molecule is CC(C(=O)O)n1[nH]c2c1c(=O)n(C)c(=O)n2C. The summed E-state index contributed by atoms with van der Waals surface area (Å²) in [7, 11) is 2.86. The largest absolute Gasteiger partial charge is 0.480 e. The first-order chi connectivity index (χ1) is 7.86. The van der Waals surface area contributed by atoms with Crippen LogP contribution in [0.4, 0.5) is 0 Å². The van der Waals surface area contributed by atoms with Crippen molar-refractivity contribution < 1.29 is 9.90 Å². The lowest BCUT2D eigenvalue weighted by atomic mass is 10.3. The van der Waals surface area contributed by atoms with E-state index in [1.807, 2.05) is 0 Å². The van der Waals surface area contributed by atoms with E-state index < -0.39 is 23.3 Å². The zero-order valence-electron chi connectivity index (χ0n) is 9.59. The van der Waals surface area contributed by atoms with E-state index in [-0.39, 0.29) is 5.52 Å². The van der Waals surface area contributed by atoms with Crippen molar-refractivity contribution in [3.05, 3.63) is 20.8 Å². The summed E-state index contributed by atoms with van der Waals surface area (Å²) in [6, 6.07) is -0.882. The summed E-state index contributed by atoms with van der Waals surface area (Å²) in [5.74, 6) is -1.06. The van der Waals surface area contributed by atoms with Gasteiger partial charge in [-0.1, -0.05) is 0 Å². The maximum absolute atomic E-state index is 11.8. The van der Waals surface area contributed by atoms with Crippen LogP contribution in [0.25, 0.3) is 11.2 Å². The van der Waals surface area contributed by atoms with Crippen molar-refractivity contribution in [3.63, 3.8) is 0 Å². The lowest BCUT2D eigenvalue weighted by Crippen LogP contribution is -2.42. The molecule has 2 aromatic rings. The van der Waals surface area contributed by atoms with Crippen LogP contribution >= 0.6 is 0 Å². The van der Waals surface area contributed by atoms with Crippen LogP contribution in [0, 0.1) is 0 Å². The van der Waals surface area contributed by atoms with E-state index in [9.17, 15) is 14.4 Å².